The second-order valence-corrected chi connectivity index (χ2v) is 9.60. The number of carbonyl (C=O) groups is 2. The molecule has 2 aromatic carbocycles. The molecule has 0 N–H and O–H groups in total. The van der Waals surface area contributed by atoms with Crippen LogP contribution in [0.5, 0.6) is 5.75 Å². The van der Waals surface area contributed by atoms with Crippen LogP contribution in [0.25, 0.3) is 17.2 Å². The maximum Gasteiger partial charge on any atom is 0.410 e. The molecule has 2 aromatic rings. The van der Waals surface area contributed by atoms with Crippen LogP contribution in [0.2, 0.25) is 0 Å². The summed E-state index contributed by atoms with van der Waals surface area (Å²) in [6.45, 7) is 7.32. The van der Waals surface area contributed by atoms with E-state index in [0.29, 0.717) is 61.6 Å². The highest BCUT2D eigenvalue weighted by Crippen LogP contribution is 2.37. The van der Waals surface area contributed by atoms with Crippen molar-refractivity contribution in [2.45, 2.75) is 32.8 Å². The number of nitro benzene ring substituents is 1. The Morgan fingerprint density at radius 1 is 1.08 bits per heavy atom. The molecule has 2 aliphatic heterocycles. The smallest absolute Gasteiger partial charge is 0.410 e. The quantitative estimate of drug-likeness (QED) is 0.270. The number of amides is 2. The number of carbonyl (C=O) groups excluding carboxylic acids is 2. The van der Waals surface area contributed by atoms with E-state index in [0.717, 1.165) is 5.56 Å². The zero-order valence-corrected chi connectivity index (χ0v) is 20.6. The van der Waals surface area contributed by atoms with Gasteiger partial charge in [0.25, 0.3) is 5.69 Å². The summed E-state index contributed by atoms with van der Waals surface area (Å²) in [5.74, 6) is 0.355. The van der Waals surface area contributed by atoms with Gasteiger partial charge in [0, 0.05) is 50.3 Å². The van der Waals surface area contributed by atoms with Gasteiger partial charge >= 0.3 is 6.09 Å². The summed E-state index contributed by atoms with van der Waals surface area (Å²) in [7, 11) is 0. The van der Waals surface area contributed by atoms with Gasteiger partial charge in [0.15, 0.2) is 5.75 Å². The minimum Gasteiger partial charge on any atom is -0.444 e. The minimum atomic E-state index is -0.582. The SMILES string of the molecule is CC(C)(C)OC(=O)N1CCN(C(=O)/C=C/c2cccc([N+](=O)[O-])c2-c2ccc3c(c2)CCOO3)CC1. The standard InChI is InChI=1S/C26H29N3O7/c1-26(2,3)35-25(31)28-14-12-27(13-15-28)23(30)10-8-18-5-4-6-21(29(32)33)24(18)20-7-9-22-19(17-20)11-16-34-36-22/h4-10,17H,11-16H2,1-3H3/b10-8+. The Bertz CT molecular complexity index is 1190. The van der Waals surface area contributed by atoms with Gasteiger partial charge in [0.05, 0.1) is 17.1 Å². The van der Waals surface area contributed by atoms with Crippen molar-refractivity contribution >= 4 is 23.8 Å². The summed E-state index contributed by atoms with van der Waals surface area (Å²) in [5.41, 5.74) is 1.90. The molecule has 0 bridgehead atoms. The minimum absolute atomic E-state index is 0.0523. The lowest BCUT2D eigenvalue weighted by Crippen LogP contribution is -2.51. The Hall–Kier alpha value is -3.92. The van der Waals surface area contributed by atoms with E-state index in [1.54, 1.807) is 40.1 Å². The molecule has 190 valence electrons. The van der Waals surface area contributed by atoms with E-state index in [2.05, 4.69) is 0 Å². The third-order valence-electron chi connectivity index (χ3n) is 5.87. The molecule has 2 heterocycles. The first-order valence-corrected chi connectivity index (χ1v) is 11.8. The Kier molecular flexibility index (Phi) is 7.25. The molecule has 0 unspecified atom stereocenters. The number of piperazine rings is 1. The van der Waals surface area contributed by atoms with Crippen LogP contribution >= 0.6 is 0 Å². The number of benzene rings is 2. The summed E-state index contributed by atoms with van der Waals surface area (Å²) in [6.07, 6.45) is 3.25. The van der Waals surface area contributed by atoms with Crippen LogP contribution in [0.15, 0.2) is 42.5 Å². The van der Waals surface area contributed by atoms with Crippen molar-refractivity contribution in [1.29, 1.82) is 0 Å². The molecule has 10 heteroatoms. The van der Waals surface area contributed by atoms with Gasteiger partial charge in [-0.3, -0.25) is 14.9 Å². The van der Waals surface area contributed by atoms with E-state index < -0.39 is 16.6 Å². The van der Waals surface area contributed by atoms with Crippen LogP contribution < -0.4 is 4.89 Å². The molecule has 0 radical (unpaired) electrons. The third-order valence-corrected chi connectivity index (χ3v) is 5.87. The largest absolute Gasteiger partial charge is 0.444 e. The maximum atomic E-state index is 12.9. The molecule has 0 aromatic heterocycles. The predicted molar refractivity (Wildman–Crippen MR) is 132 cm³/mol. The Labute approximate surface area is 209 Å². The lowest BCUT2D eigenvalue weighted by molar-refractivity contribution is -0.384. The molecular weight excluding hydrogens is 466 g/mol. The van der Waals surface area contributed by atoms with Crippen LogP contribution in [-0.2, 0) is 20.8 Å². The lowest BCUT2D eigenvalue weighted by Gasteiger charge is -2.35. The van der Waals surface area contributed by atoms with Crippen LogP contribution in [0.4, 0.5) is 10.5 Å². The van der Waals surface area contributed by atoms with Crippen molar-refractivity contribution in [2.24, 2.45) is 0 Å². The van der Waals surface area contributed by atoms with Gasteiger partial charge in [-0.25, -0.2) is 4.79 Å². The molecular formula is C26H29N3O7. The summed E-state index contributed by atoms with van der Waals surface area (Å²) in [5, 5.41) is 11.8. The Morgan fingerprint density at radius 2 is 1.81 bits per heavy atom. The van der Waals surface area contributed by atoms with E-state index in [-0.39, 0.29) is 11.6 Å². The predicted octanol–water partition coefficient (Wildman–Crippen LogP) is 4.22. The van der Waals surface area contributed by atoms with Crippen molar-refractivity contribution in [3.05, 3.63) is 63.7 Å². The second kappa shape index (κ2) is 10.4. The molecule has 1 fully saturated rings. The fraction of sp³-hybridized carbons (Fsp3) is 0.385. The highest BCUT2D eigenvalue weighted by Gasteiger charge is 2.27. The zero-order valence-electron chi connectivity index (χ0n) is 20.6. The number of nitro groups is 1. The van der Waals surface area contributed by atoms with Crippen molar-refractivity contribution in [3.63, 3.8) is 0 Å². The van der Waals surface area contributed by atoms with Gasteiger partial charge in [-0.1, -0.05) is 18.2 Å². The van der Waals surface area contributed by atoms with Gasteiger partial charge in [0.2, 0.25) is 5.91 Å². The average molecular weight is 496 g/mol. The number of rotatable bonds is 4. The average Bonchev–Trinajstić information content (AvgIpc) is 2.85. The fourth-order valence-corrected chi connectivity index (χ4v) is 4.13. The van der Waals surface area contributed by atoms with Gasteiger partial charge in [0.1, 0.15) is 5.60 Å². The molecule has 10 nitrogen and oxygen atoms in total. The molecule has 1 saturated heterocycles. The summed E-state index contributed by atoms with van der Waals surface area (Å²) >= 11 is 0. The summed E-state index contributed by atoms with van der Waals surface area (Å²) < 4.78 is 5.40. The number of ether oxygens (including phenoxy) is 1. The molecule has 2 aliphatic rings. The first-order valence-electron chi connectivity index (χ1n) is 11.8. The number of fused-ring (bicyclic) bond motifs is 1. The first kappa shape index (κ1) is 25.2. The van der Waals surface area contributed by atoms with Crippen molar-refractivity contribution in [2.75, 3.05) is 32.8 Å². The van der Waals surface area contributed by atoms with Crippen molar-refractivity contribution in [3.8, 4) is 16.9 Å². The van der Waals surface area contributed by atoms with Crippen molar-refractivity contribution in [1.82, 2.24) is 9.80 Å². The maximum absolute atomic E-state index is 12.9. The molecule has 0 spiro atoms. The van der Waals surface area contributed by atoms with Gasteiger partial charge in [-0.05, 0) is 50.1 Å². The van der Waals surface area contributed by atoms with Crippen LogP contribution in [0, 0.1) is 10.1 Å². The van der Waals surface area contributed by atoms with Crippen LogP contribution in [0.1, 0.15) is 31.9 Å². The zero-order chi connectivity index (χ0) is 25.9. The van der Waals surface area contributed by atoms with Gasteiger partial charge in [-0.2, -0.15) is 4.89 Å². The number of hydrogen-bond acceptors (Lipinski definition) is 7. The normalized spacial score (nSPS) is 15.9. The van der Waals surface area contributed by atoms with Crippen LogP contribution in [-0.4, -0.2) is 65.1 Å². The molecule has 0 aliphatic carbocycles. The molecule has 36 heavy (non-hydrogen) atoms. The molecule has 4 rings (SSSR count). The van der Waals surface area contributed by atoms with Crippen molar-refractivity contribution < 1.29 is 29.0 Å². The van der Waals surface area contributed by atoms with Gasteiger partial charge < -0.3 is 19.4 Å². The summed E-state index contributed by atoms with van der Waals surface area (Å²) in [4.78, 5) is 49.9. The summed E-state index contributed by atoms with van der Waals surface area (Å²) in [6, 6.07) is 10.1. The number of nitrogens with zero attached hydrogens (tertiary/aromatic N) is 3. The highest BCUT2D eigenvalue weighted by molar-refractivity contribution is 5.94. The fourth-order valence-electron chi connectivity index (χ4n) is 4.13. The topological polar surface area (TPSA) is 111 Å². The lowest BCUT2D eigenvalue weighted by atomic mass is 9.95. The third kappa shape index (κ3) is 5.83. The Morgan fingerprint density at radius 3 is 2.50 bits per heavy atom. The first-order chi connectivity index (χ1) is 17.1. The second-order valence-electron chi connectivity index (χ2n) is 9.60. The van der Waals surface area contributed by atoms with E-state index in [1.807, 2.05) is 26.8 Å². The molecule has 0 saturated carbocycles. The molecule has 0 atom stereocenters. The van der Waals surface area contributed by atoms with E-state index in [4.69, 9.17) is 14.5 Å². The monoisotopic (exact) mass is 495 g/mol. The van der Waals surface area contributed by atoms with E-state index in [1.165, 1.54) is 12.1 Å². The van der Waals surface area contributed by atoms with E-state index in [9.17, 15) is 19.7 Å². The van der Waals surface area contributed by atoms with E-state index >= 15 is 0 Å². The van der Waals surface area contributed by atoms with Crippen LogP contribution in [0.3, 0.4) is 0 Å². The highest BCUT2D eigenvalue weighted by atomic mass is 17.2. The Balaban J connectivity index is 1.52. The van der Waals surface area contributed by atoms with Gasteiger partial charge in [-0.15, -0.1) is 0 Å². The molecule has 2 amide bonds. The number of hydrogen-bond donors (Lipinski definition) is 0.